The summed E-state index contributed by atoms with van der Waals surface area (Å²) in [7, 11) is -1.14. The van der Waals surface area contributed by atoms with Gasteiger partial charge in [0.2, 0.25) is 0 Å². The van der Waals surface area contributed by atoms with Crippen molar-refractivity contribution < 1.29 is 17.9 Å². The molecule has 0 amide bonds. The second-order valence-electron chi connectivity index (χ2n) is 6.67. The Bertz CT molecular complexity index is 630. The molecule has 7 heteroatoms. The van der Waals surface area contributed by atoms with E-state index in [-0.39, 0.29) is 0 Å². The zero-order valence-electron chi connectivity index (χ0n) is 13.5. The molecule has 0 aliphatic rings. The van der Waals surface area contributed by atoms with E-state index in [4.69, 9.17) is 4.74 Å². The van der Waals surface area contributed by atoms with Crippen LogP contribution in [0.25, 0.3) is 11.3 Å². The maximum Gasteiger partial charge on any atom is 0.416 e. The average Bonchev–Trinajstić information content (AvgIpc) is 2.90. The number of alkyl halides is 3. The van der Waals surface area contributed by atoms with Crippen LogP contribution in [0.5, 0.6) is 0 Å². The Morgan fingerprint density at radius 2 is 1.78 bits per heavy atom. The van der Waals surface area contributed by atoms with Crippen LogP contribution < -0.4 is 0 Å². The van der Waals surface area contributed by atoms with Crippen LogP contribution in [0.2, 0.25) is 25.7 Å². The highest BCUT2D eigenvalue weighted by Crippen LogP contribution is 2.30. The van der Waals surface area contributed by atoms with Crippen molar-refractivity contribution in [3.63, 3.8) is 0 Å². The Hall–Kier alpha value is -1.60. The fraction of sp³-hybridized carbons (Fsp3) is 0.438. The third-order valence-corrected chi connectivity index (χ3v) is 5.15. The van der Waals surface area contributed by atoms with E-state index in [1.165, 1.54) is 12.1 Å². The lowest BCUT2D eigenvalue weighted by atomic mass is 10.1. The average molecular weight is 342 g/mol. The van der Waals surface area contributed by atoms with Crippen molar-refractivity contribution in [2.75, 3.05) is 6.61 Å². The maximum absolute atomic E-state index is 12.6. The predicted molar refractivity (Wildman–Crippen MR) is 86.8 cm³/mol. The highest BCUT2D eigenvalue weighted by molar-refractivity contribution is 6.76. The highest BCUT2D eigenvalue weighted by atomic mass is 28.3. The quantitative estimate of drug-likeness (QED) is 0.552. The molecule has 0 N–H and O–H groups in total. The Kier molecular flexibility index (Phi) is 5.31. The number of benzene rings is 1. The van der Waals surface area contributed by atoms with E-state index in [1.807, 2.05) is 0 Å². The number of halogens is 3. The molecule has 0 bridgehead atoms. The lowest BCUT2D eigenvalue weighted by molar-refractivity contribution is -0.137. The standard InChI is InChI=1S/C16H21F3N2OSi/c1-23(2,3)9-8-22-12-21-11-20-10-15(21)13-4-6-14(7-5-13)16(17,18)19/h4-7,10-11H,8-9,12H2,1-3H3. The fourth-order valence-corrected chi connectivity index (χ4v) is 2.79. The van der Waals surface area contributed by atoms with Crippen molar-refractivity contribution in [1.29, 1.82) is 0 Å². The lowest BCUT2D eigenvalue weighted by Crippen LogP contribution is -2.22. The van der Waals surface area contributed by atoms with Gasteiger partial charge >= 0.3 is 6.18 Å². The van der Waals surface area contributed by atoms with Gasteiger partial charge in [-0.25, -0.2) is 4.98 Å². The molecule has 2 rings (SSSR count). The highest BCUT2D eigenvalue weighted by Gasteiger charge is 2.30. The molecule has 0 atom stereocenters. The molecule has 126 valence electrons. The van der Waals surface area contributed by atoms with E-state index in [0.717, 1.165) is 23.9 Å². The van der Waals surface area contributed by atoms with Crippen LogP contribution >= 0.6 is 0 Å². The first-order chi connectivity index (χ1) is 10.7. The minimum atomic E-state index is -4.32. The molecule has 23 heavy (non-hydrogen) atoms. The van der Waals surface area contributed by atoms with Crippen molar-refractivity contribution >= 4 is 8.07 Å². The smallest absolute Gasteiger partial charge is 0.361 e. The summed E-state index contributed by atoms with van der Waals surface area (Å²) >= 11 is 0. The minimum absolute atomic E-state index is 0.348. The molecule has 0 unspecified atom stereocenters. The Morgan fingerprint density at radius 3 is 2.35 bits per heavy atom. The van der Waals surface area contributed by atoms with Gasteiger partial charge in [-0.05, 0) is 23.7 Å². The normalized spacial score (nSPS) is 12.6. The number of aromatic nitrogens is 2. The number of hydrogen-bond donors (Lipinski definition) is 0. The first-order valence-electron chi connectivity index (χ1n) is 7.42. The topological polar surface area (TPSA) is 27.1 Å². The molecule has 0 aliphatic carbocycles. The first kappa shape index (κ1) is 17.7. The van der Waals surface area contributed by atoms with Crippen molar-refractivity contribution in [2.24, 2.45) is 0 Å². The third-order valence-electron chi connectivity index (χ3n) is 3.45. The Balaban J connectivity index is 2.03. The van der Waals surface area contributed by atoms with E-state index in [2.05, 4.69) is 24.6 Å². The summed E-state index contributed by atoms with van der Waals surface area (Å²) in [6.07, 6.45) is -1.06. The zero-order valence-corrected chi connectivity index (χ0v) is 14.5. The minimum Gasteiger partial charge on any atom is -0.361 e. The van der Waals surface area contributed by atoms with E-state index in [9.17, 15) is 13.2 Å². The number of ether oxygens (including phenoxy) is 1. The lowest BCUT2D eigenvalue weighted by Gasteiger charge is -2.16. The molecule has 0 radical (unpaired) electrons. The van der Waals surface area contributed by atoms with Gasteiger partial charge in [0.1, 0.15) is 6.73 Å². The van der Waals surface area contributed by atoms with Crippen LogP contribution in [0.15, 0.2) is 36.8 Å². The Morgan fingerprint density at radius 1 is 1.13 bits per heavy atom. The van der Waals surface area contributed by atoms with Crippen molar-refractivity contribution in [2.45, 2.75) is 38.6 Å². The Labute approximate surface area is 135 Å². The maximum atomic E-state index is 12.6. The van der Waals surface area contributed by atoms with Gasteiger partial charge in [0.05, 0.1) is 23.8 Å². The second-order valence-corrected chi connectivity index (χ2v) is 12.3. The van der Waals surface area contributed by atoms with Crippen molar-refractivity contribution in [3.8, 4) is 11.3 Å². The molecule has 0 aliphatic heterocycles. The van der Waals surface area contributed by atoms with Crippen molar-refractivity contribution in [3.05, 3.63) is 42.4 Å². The molecular formula is C16H21F3N2OSi. The van der Waals surface area contributed by atoms with Gasteiger partial charge in [0.25, 0.3) is 0 Å². The van der Waals surface area contributed by atoms with Gasteiger partial charge in [-0.2, -0.15) is 13.2 Å². The molecular weight excluding hydrogens is 321 g/mol. The van der Waals surface area contributed by atoms with Crippen LogP contribution in [-0.4, -0.2) is 24.2 Å². The van der Waals surface area contributed by atoms with Gasteiger partial charge in [-0.15, -0.1) is 0 Å². The molecule has 1 aromatic heterocycles. The zero-order chi connectivity index (χ0) is 17.1. The monoisotopic (exact) mass is 342 g/mol. The van der Waals surface area contributed by atoms with Crippen LogP contribution in [0.4, 0.5) is 13.2 Å². The summed E-state index contributed by atoms with van der Waals surface area (Å²) in [5.41, 5.74) is 0.773. The van der Waals surface area contributed by atoms with Gasteiger partial charge in [-0.1, -0.05) is 31.8 Å². The summed E-state index contributed by atoms with van der Waals surface area (Å²) in [4.78, 5) is 4.07. The summed E-state index contributed by atoms with van der Waals surface area (Å²) in [6.45, 7) is 7.87. The summed E-state index contributed by atoms with van der Waals surface area (Å²) in [5, 5.41) is 0. The van der Waals surface area contributed by atoms with Crippen molar-refractivity contribution in [1.82, 2.24) is 9.55 Å². The molecule has 1 heterocycles. The van der Waals surface area contributed by atoms with Gasteiger partial charge in [0, 0.05) is 14.7 Å². The number of rotatable bonds is 6. The molecule has 0 fully saturated rings. The molecule has 3 nitrogen and oxygen atoms in total. The van der Waals surface area contributed by atoms with Crippen LogP contribution in [-0.2, 0) is 17.6 Å². The SMILES string of the molecule is C[Si](C)(C)CCOCn1cncc1-c1ccc(C(F)(F)F)cc1. The van der Waals surface area contributed by atoms with Crippen LogP contribution in [0.1, 0.15) is 5.56 Å². The molecule has 0 saturated heterocycles. The molecule has 0 saturated carbocycles. The molecule has 2 aromatic rings. The summed E-state index contributed by atoms with van der Waals surface area (Å²) in [5.74, 6) is 0. The summed E-state index contributed by atoms with van der Waals surface area (Å²) in [6, 6.07) is 6.14. The van der Waals surface area contributed by atoms with Crippen LogP contribution in [0.3, 0.4) is 0 Å². The first-order valence-corrected chi connectivity index (χ1v) is 11.1. The number of hydrogen-bond acceptors (Lipinski definition) is 2. The largest absolute Gasteiger partial charge is 0.416 e. The van der Waals surface area contributed by atoms with E-state index >= 15 is 0 Å². The molecule has 0 spiro atoms. The van der Waals surface area contributed by atoms with E-state index in [1.54, 1.807) is 17.1 Å². The number of imidazole rings is 1. The van der Waals surface area contributed by atoms with Gasteiger partial charge < -0.3 is 9.30 Å². The fourth-order valence-electron chi connectivity index (χ4n) is 2.04. The van der Waals surface area contributed by atoms with Crippen LogP contribution in [0, 0.1) is 0 Å². The van der Waals surface area contributed by atoms with E-state index < -0.39 is 19.8 Å². The third kappa shape index (κ3) is 5.21. The van der Waals surface area contributed by atoms with Gasteiger partial charge in [0.15, 0.2) is 0 Å². The van der Waals surface area contributed by atoms with Gasteiger partial charge in [-0.3, -0.25) is 0 Å². The number of nitrogens with zero attached hydrogens (tertiary/aromatic N) is 2. The predicted octanol–water partition coefficient (Wildman–Crippen LogP) is 4.88. The molecule has 1 aromatic carbocycles. The summed E-state index contributed by atoms with van der Waals surface area (Å²) < 4.78 is 45.3. The van der Waals surface area contributed by atoms with E-state index in [0.29, 0.717) is 18.9 Å². The second kappa shape index (κ2) is 6.88.